The molecular formula is C15H25N3O3. The van der Waals surface area contributed by atoms with Crippen molar-refractivity contribution in [3.05, 3.63) is 17.5 Å². The van der Waals surface area contributed by atoms with Crippen LogP contribution < -0.4 is 0 Å². The first-order valence-electron chi connectivity index (χ1n) is 7.33. The van der Waals surface area contributed by atoms with Gasteiger partial charge >= 0.3 is 5.97 Å². The van der Waals surface area contributed by atoms with Gasteiger partial charge in [0, 0.05) is 37.7 Å². The molecule has 1 heterocycles. The van der Waals surface area contributed by atoms with E-state index in [0.717, 1.165) is 11.4 Å². The number of carboxylic acids is 1. The highest BCUT2D eigenvalue weighted by molar-refractivity contribution is 5.76. The van der Waals surface area contributed by atoms with Crippen LogP contribution in [0.25, 0.3) is 0 Å². The molecule has 0 aliphatic rings. The molecule has 1 N–H and O–H groups in total. The fraction of sp³-hybridized carbons (Fsp3) is 0.667. The Kier molecular flexibility index (Phi) is 6.39. The van der Waals surface area contributed by atoms with Crippen LogP contribution >= 0.6 is 0 Å². The van der Waals surface area contributed by atoms with E-state index in [1.807, 2.05) is 38.4 Å². The first kappa shape index (κ1) is 17.2. The first-order valence-corrected chi connectivity index (χ1v) is 7.33. The number of aryl methyl sites for hydroxylation is 3. The van der Waals surface area contributed by atoms with Crippen LogP contribution in [-0.4, -0.2) is 44.3 Å². The molecule has 0 aliphatic heterocycles. The monoisotopic (exact) mass is 295 g/mol. The van der Waals surface area contributed by atoms with Crippen molar-refractivity contribution in [3.8, 4) is 0 Å². The largest absolute Gasteiger partial charge is 0.481 e. The Morgan fingerprint density at radius 1 is 1.33 bits per heavy atom. The second-order valence-electron chi connectivity index (χ2n) is 5.58. The highest BCUT2D eigenvalue weighted by Gasteiger charge is 2.17. The zero-order valence-electron chi connectivity index (χ0n) is 13.3. The molecule has 0 bridgehead atoms. The van der Waals surface area contributed by atoms with E-state index in [9.17, 15) is 9.59 Å². The molecule has 0 radical (unpaired) electrons. The maximum atomic E-state index is 12.3. The molecule has 1 aromatic heterocycles. The van der Waals surface area contributed by atoms with Crippen LogP contribution in [0.5, 0.6) is 0 Å². The van der Waals surface area contributed by atoms with Crippen LogP contribution in [0, 0.1) is 13.8 Å². The molecular weight excluding hydrogens is 270 g/mol. The van der Waals surface area contributed by atoms with Crippen molar-refractivity contribution in [1.29, 1.82) is 0 Å². The Bertz CT molecular complexity index is 494. The van der Waals surface area contributed by atoms with Gasteiger partial charge in [-0.15, -0.1) is 0 Å². The summed E-state index contributed by atoms with van der Waals surface area (Å²) in [5, 5.41) is 13.0. The van der Waals surface area contributed by atoms with Crippen molar-refractivity contribution >= 4 is 11.9 Å². The minimum Gasteiger partial charge on any atom is -0.481 e. The van der Waals surface area contributed by atoms with E-state index >= 15 is 0 Å². The van der Waals surface area contributed by atoms with Crippen LogP contribution in [0.4, 0.5) is 0 Å². The number of aliphatic carboxylic acids is 1. The standard InChI is InChI=1S/C15H25N3O3/c1-11(2)17(8-5-6-15(20)21)14(19)7-9-18-13(4)10-12(3)16-18/h10-11H,5-9H2,1-4H3,(H,20,21). The van der Waals surface area contributed by atoms with Crippen molar-refractivity contribution in [1.82, 2.24) is 14.7 Å². The molecule has 118 valence electrons. The average molecular weight is 295 g/mol. The van der Waals surface area contributed by atoms with Crippen molar-refractivity contribution in [3.63, 3.8) is 0 Å². The third-order valence-electron chi connectivity index (χ3n) is 3.37. The maximum Gasteiger partial charge on any atom is 0.303 e. The zero-order chi connectivity index (χ0) is 16.0. The van der Waals surface area contributed by atoms with Gasteiger partial charge in [-0.05, 0) is 40.2 Å². The molecule has 1 rings (SSSR count). The van der Waals surface area contributed by atoms with Crippen LogP contribution in [0.2, 0.25) is 0 Å². The van der Waals surface area contributed by atoms with Crippen molar-refractivity contribution in [2.24, 2.45) is 0 Å². The number of hydrogen-bond donors (Lipinski definition) is 1. The minimum absolute atomic E-state index is 0.0444. The summed E-state index contributed by atoms with van der Waals surface area (Å²) in [5.74, 6) is -0.781. The zero-order valence-corrected chi connectivity index (χ0v) is 13.3. The third-order valence-corrected chi connectivity index (χ3v) is 3.37. The summed E-state index contributed by atoms with van der Waals surface area (Å²) in [6.07, 6.45) is 0.959. The van der Waals surface area contributed by atoms with E-state index in [2.05, 4.69) is 5.10 Å². The molecule has 21 heavy (non-hydrogen) atoms. The fourth-order valence-corrected chi connectivity index (χ4v) is 2.32. The van der Waals surface area contributed by atoms with Gasteiger partial charge in [-0.2, -0.15) is 5.10 Å². The van der Waals surface area contributed by atoms with Gasteiger partial charge in [-0.3, -0.25) is 14.3 Å². The Hall–Kier alpha value is -1.85. The lowest BCUT2D eigenvalue weighted by atomic mass is 10.2. The number of carboxylic acid groups (broad SMARTS) is 1. The first-order chi connectivity index (χ1) is 9.81. The highest BCUT2D eigenvalue weighted by Crippen LogP contribution is 2.08. The van der Waals surface area contributed by atoms with Crippen LogP contribution in [-0.2, 0) is 16.1 Å². The third kappa shape index (κ3) is 5.57. The molecule has 6 nitrogen and oxygen atoms in total. The van der Waals surface area contributed by atoms with E-state index in [-0.39, 0.29) is 18.4 Å². The predicted molar refractivity (Wildman–Crippen MR) is 80.0 cm³/mol. The van der Waals surface area contributed by atoms with Gasteiger partial charge in [0.1, 0.15) is 0 Å². The Morgan fingerprint density at radius 3 is 2.48 bits per heavy atom. The summed E-state index contributed by atoms with van der Waals surface area (Å²) in [6, 6.07) is 2.06. The van der Waals surface area contributed by atoms with Gasteiger partial charge in [-0.25, -0.2) is 0 Å². The SMILES string of the molecule is Cc1cc(C)n(CCC(=O)N(CCCC(=O)O)C(C)C)n1. The van der Waals surface area contributed by atoms with E-state index in [1.165, 1.54) is 0 Å². The van der Waals surface area contributed by atoms with E-state index in [0.29, 0.717) is 25.9 Å². The Labute approximate surface area is 125 Å². The fourth-order valence-electron chi connectivity index (χ4n) is 2.32. The number of rotatable bonds is 8. The molecule has 0 saturated carbocycles. The molecule has 6 heteroatoms. The van der Waals surface area contributed by atoms with Gasteiger partial charge in [0.05, 0.1) is 5.69 Å². The topological polar surface area (TPSA) is 75.4 Å². The van der Waals surface area contributed by atoms with Gasteiger partial charge in [-0.1, -0.05) is 0 Å². The molecule has 1 aromatic rings. The normalized spacial score (nSPS) is 10.9. The van der Waals surface area contributed by atoms with Gasteiger partial charge in [0.15, 0.2) is 0 Å². The second kappa shape index (κ2) is 7.81. The van der Waals surface area contributed by atoms with Crippen LogP contribution in [0.3, 0.4) is 0 Å². The number of hydrogen-bond acceptors (Lipinski definition) is 3. The molecule has 0 atom stereocenters. The maximum absolute atomic E-state index is 12.3. The summed E-state index contributed by atoms with van der Waals surface area (Å²) in [4.78, 5) is 24.6. The smallest absolute Gasteiger partial charge is 0.303 e. The molecule has 1 amide bonds. The summed E-state index contributed by atoms with van der Waals surface area (Å²) >= 11 is 0. The highest BCUT2D eigenvalue weighted by atomic mass is 16.4. The summed E-state index contributed by atoms with van der Waals surface area (Å²) in [7, 11) is 0. The van der Waals surface area contributed by atoms with Crippen LogP contribution in [0.15, 0.2) is 6.07 Å². The van der Waals surface area contributed by atoms with Gasteiger partial charge < -0.3 is 10.0 Å². The van der Waals surface area contributed by atoms with E-state index < -0.39 is 5.97 Å². The number of aromatic nitrogens is 2. The molecule has 0 fully saturated rings. The summed E-state index contributed by atoms with van der Waals surface area (Å²) in [6.45, 7) is 8.83. The number of amides is 1. The Morgan fingerprint density at radius 2 is 2.00 bits per heavy atom. The van der Waals surface area contributed by atoms with E-state index in [4.69, 9.17) is 5.11 Å². The molecule has 0 saturated heterocycles. The van der Waals surface area contributed by atoms with Gasteiger partial charge in [0.2, 0.25) is 5.91 Å². The van der Waals surface area contributed by atoms with Gasteiger partial charge in [0.25, 0.3) is 0 Å². The summed E-state index contributed by atoms with van der Waals surface area (Å²) < 4.78 is 1.84. The quantitative estimate of drug-likeness (QED) is 0.796. The Balaban J connectivity index is 2.52. The lowest BCUT2D eigenvalue weighted by Gasteiger charge is -2.26. The molecule has 0 unspecified atom stereocenters. The van der Waals surface area contributed by atoms with E-state index in [1.54, 1.807) is 4.90 Å². The summed E-state index contributed by atoms with van der Waals surface area (Å²) in [5.41, 5.74) is 1.99. The second-order valence-corrected chi connectivity index (χ2v) is 5.58. The molecule has 0 aliphatic carbocycles. The van der Waals surface area contributed by atoms with Crippen molar-refractivity contribution < 1.29 is 14.7 Å². The molecule has 0 spiro atoms. The minimum atomic E-state index is -0.825. The lowest BCUT2D eigenvalue weighted by molar-refractivity contribution is -0.138. The number of carbonyl (C=O) groups excluding carboxylic acids is 1. The van der Waals surface area contributed by atoms with Crippen LogP contribution in [0.1, 0.15) is 44.5 Å². The van der Waals surface area contributed by atoms with Crippen molar-refractivity contribution in [2.75, 3.05) is 6.54 Å². The number of nitrogens with zero attached hydrogens (tertiary/aromatic N) is 3. The predicted octanol–water partition coefficient (Wildman–Crippen LogP) is 1.99. The molecule has 0 aromatic carbocycles. The lowest BCUT2D eigenvalue weighted by Crippen LogP contribution is -2.38. The number of carbonyl (C=O) groups is 2. The average Bonchev–Trinajstić information content (AvgIpc) is 2.69. The van der Waals surface area contributed by atoms with Crippen molar-refractivity contribution in [2.45, 2.75) is 59.5 Å².